The molecule has 0 spiro atoms. The number of nitrogens with one attached hydrogen (secondary N) is 1. The molecule has 2 heterocycles. The van der Waals surface area contributed by atoms with Crippen LogP contribution in [-0.4, -0.2) is 79.1 Å². The number of likely N-dealkylation sites (tertiary alicyclic amines) is 1. The van der Waals surface area contributed by atoms with Crippen LogP contribution in [0.4, 0.5) is 0 Å². The summed E-state index contributed by atoms with van der Waals surface area (Å²) in [5.41, 5.74) is 1.41. The fourth-order valence-electron chi connectivity index (χ4n) is 4.38. The molecule has 1 aromatic rings. The van der Waals surface area contributed by atoms with Gasteiger partial charge in [0.2, 0.25) is 0 Å². The maximum absolute atomic E-state index is 5.03. The number of nitrogens with zero attached hydrogens (tertiary/aromatic N) is 4. The summed E-state index contributed by atoms with van der Waals surface area (Å²) in [6, 6.07) is 11.7. The van der Waals surface area contributed by atoms with Crippen molar-refractivity contribution in [2.75, 3.05) is 52.4 Å². The van der Waals surface area contributed by atoms with Crippen LogP contribution in [0.5, 0.6) is 0 Å². The van der Waals surface area contributed by atoms with Crippen LogP contribution in [0.25, 0.3) is 0 Å². The molecule has 6 heteroatoms. The summed E-state index contributed by atoms with van der Waals surface area (Å²) in [7, 11) is 0. The van der Waals surface area contributed by atoms with E-state index in [9.17, 15) is 0 Å². The lowest BCUT2D eigenvalue weighted by Crippen LogP contribution is -2.52. The fraction of sp³-hybridized carbons (Fsp3) is 0.682. The maximum Gasteiger partial charge on any atom is 0.194 e. The predicted octanol–water partition coefficient (Wildman–Crippen LogP) is 2.87. The van der Waals surface area contributed by atoms with Gasteiger partial charge in [-0.1, -0.05) is 30.3 Å². The summed E-state index contributed by atoms with van der Waals surface area (Å²) < 4.78 is 0. The third kappa shape index (κ3) is 6.07. The topological polar surface area (TPSA) is 34.1 Å². The summed E-state index contributed by atoms with van der Waals surface area (Å²) in [6.45, 7) is 12.1. The van der Waals surface area contributed by atoms with E-state index in [2.05, 4.69) is 57.3 Å². The lowest BCUT2D eigenvalue weighted by Gasteiger charge is -2.36. The van der Waals surface area contributed by atoms with Gasteiger partial charge < -0.3 is 15.1 Å². The van der Waals surface area contributed by atoms with Crippen molar-refractivity contribution in [1.29, 1.82) is 0 Å². The number of hydrogen-bond acceptors (Lipinski definition) is 3. The Balaban J connectivity index is 0.00000225. The second-order valence-corrected chi connectivity index (χ2v) is 8.32. The van der Waals surface area contributed by atoms with Crippen LogP contribution in [0.2, 0.25) is 0 Å². The summed E-state index contributed by atoms with van der Waals surface area (Å²) >= 11 is 0. The van der Waals surface area contributed by atoms with Gasteiger partial charge in [0, 0.05) is 58.4 Å². The van der Waals surface area contributed by atoms with Crippen LogP contribution < -0.4 is 5.32 Å². The first-order valence-corrected chi connectivity index (χ1v) is 10.9. The van der Waals surface area contributed by atoms with Gasteiger partial charge in [-0.2, -0.15) is 0 Å². The Morgan fingerprint density at radius 1 is 1.04 bits per heavy atom. The second-order valence-electron chi connectivity index (χ2n) is 8.32. The molecule has 1 atom stereocenters. The van der Waals surface area contributed by atoms with Crippen molar-refractivity contribution in [3.63, 3.8) is 0 Å². The first-order chi connectivity index (χ1) is 13.3. The van der Waals surface area contributed by atoms with Crippen molar-refractivity contribution in [2.24, 2.45) is 10.9 Å². The van der Waals surface area contributed by atoms with E-state index in [1.54, 1.807) is 0 Å². The smallest absolute Gasteiger partial charge is 0.194 e. The molecular weight excluding hydrogens is 461 g/mol. The zero-order valence-electron chi connectivity index (χ0n) is 17.2. The van der Waals surface area contributed by atoms with Gasteiger partial charge in [0.1, 0.15) is 0 Å². The number of halogens is 1. The number of guanidine groups is 1. The number of hydrogen-bond donors (Lipinski definition) is 1. The van der Waals surface area contributed by atoms with Gasteiger partial charge in [0.15, 0.2) is 5.96 Å². The highest BCUT2D eigenvalue weighted by Gasteiger charge is 2.34. The molecular formula is C22H36IN5. The molecule has 0 aromatic heterocycles. The minimum Gasteiger partial charge on any atom is -0.357 e. The summed E-state index contributed by atoms with van der Waals surface area (Å²) in [5, 5.41) is 3.53. The Kier molecular flexibility index (Phi) is 8.41. The van der Waals surface area contributed by atoms with E-state index in [1.807, 2.05) is 0 Å². The molecule has 3 aliphatic rings. The third-order valence-electron chi connectivity index (χ3n) is 6.14. The quantitative estimate of drug-likeness (QED) is 0.373. The number of piperazine rings is 1. The van der Waals surface area contributed by atoms with Gasteiger partial charge in [-0.15, -0.1) is 24.0 Å². The van der Waals surface area contributed by atoms with Gasteiger partial charge in [-0.3, -0.25) is 9.89 Å². The summed E-state index contributed by atoms with van der Waals surface area (Å²) in [4.78, 5) is 12.7. The van der Waals surface area contributed by atoms with Crippen molar-refractivity contribution >= 4 is 29.9 Å². The van der Waals surface area contributed by atoms with Crippen LogP contribution in [-0.2, 0) is 6.54 Å². The molecule has 1 unspecified atom stereocenters. The molecule has 0 radical (unpaired) electrons. The Bertz CT molecular complexity index is 611. The van der Waals surface area contributed by atoms with Crippen LogP contribution in [0.1, 0.15) is 31.7 Å². The Morgan fingerprint density at radius 3 is 2.46 bits per heavy atom. The van der Waals surface area contributed by atoms with Gasteiger partial charge in [0.25, 0.3) is 0 Å². The number of aliphatic imine (C=N–C) groups is 1. The van der Waals surface area contributed by atoms with Crippen molar-refractivity contribution in [1.82, 2.24) is 20.0 Å². The molecule has 4 rings (SSSR count). The molecule has 1 saturated carbocycles. The maximum atomic E-state index is 5.03. The first kappa shape index (κ1) is 21.8. The highest BCUT2D eigenvalue weighted by Crippen LogP contribution is 2.31. The standard InChI is InChI=1S/C22H35N5.HI/c1-2-23-22(24-16-20-10-11-27(18-20)21-8-9-21)26-14-12-25(13-15-26)17-19-6-4-3-5-7-19;/h3-7,20-21H,2,8-18H2,1H3,(H,23,24);1H. The van der Waals surface area contributed by atoms with Gasteiger partial charge in [-0.05, 0) is 44.2 Å². The molecule has 28 heavy (non-hydrogen) atoms. The van der Waals surface area contributed by atoms with E-state index in [0.29, 0.717) is 0 Å². The summed E-state index contributed by atoms with van der Waals surface area (Å²) in [6.07, 6.45) is 4.17. The van der Waals surface area contributed by atoms with Crippen LogP contribution in [0.15, 0.2) is 35.3 Å². The van der Waals surface area contributed by atoms with Crippen LogP contribution >= 0.6 is 24.0 Å². The van der Waals surface area contributed by atoms with E-state index in [4.69, 9.17) is 4.99 Å². The highest BCUT2D eigenvalue weighted by molar-refractivity contribution is 14.0. The fourth-order valence-corrected chi connectivity index (χ4v) is 4.38. The molecule has 156 valence electrons. The Hall–Kier alpha value is -0.860. The minimum atomic E-state index is 0. The SMILES string of the molecule is CCNC(=NCC1CCN(C2CC2)C1)N1CCN(Cc2ccccc2)CC1.I. The van der Waals surface area contributed by atoms with E-state index in [-0.39, 0.29) is 24.0 Å². The Labute approximate surface area is 187 Å². The molecule has 3 fully saturated rings. The third-order valence-corrected chi connectivity index (χ3v) is 6.14. The van der Waals surface area contributed by atoms with Gasteiger partial charge in [0.05, 0.1) is 0 Å². The van der Waals surface area contributed by atoms with Crippen LogP contribution in [0, 0.1) is 5.92 Å². The molecule has 0 bridgehead atoms. The second kappa shape index (κ2) is 10.8. The van der Waals surface area contributed by atoms with Crippen molar-refractivity contribution < 1.29 is 0 Å². The number of benzene rings is 1. The largest absolute Gasteiger partial charge is 0.357 e. The van der Waals surface area contributed by atoms with E-state index >= 15 is 0 Å². The van der Waals surface area contributed by atoms with Gasteiger partial charge in [-0.25, -0.2) is 0 Å². The zero-order chi connectivity index (χ0) is 18.5. The van der Waals surface area contributed by atoms with Gasteiger partial charge >= 0.3 is 0 Å². The molecule has 0 amide bonds. The van der Waals surface area contributed by atoms with Crippen molar-refractivity contribution in [2.45, 2.75) is 38.8 Å². The molecule has 1 aliphatic carbocycles. The highest BCUT2D eigenvalue weighted by atomic mass is 127. The molecule has 1 N–H and O–H groups in total. The summed E-state index contributed by atoms with van der Waals surface area (Å²) in [5.74, 6) is 1.88. The molecule has 1 aromatic carbocycles. The van der Waals surface area contributed by atoms with Crippen LogP contribution in [0.3, 0.4) is 0 Å². The Morgan fingerprint density at radius 2 is 1.79 bits per heavy atom. The molecule has 5 nitrogen and oxygen atoms in total. The lowest BCUT2D eigenvalue weighted by molar-refractivity contribution is 0.172. The molecule has 2 aliphatic heterocycles. The molecule has 2 saturated heterocycles. The minimum absolute atomic E-state index is 0. The van der Waals surface area contributed by atoms with E-state index in [1.165, 1.54) is 37.9 Å². The number of rotatable bonds is 6. The van der Waals surface area contributed by atoms with E-state index in [0.717, 1.165) is 63.7 Å². The monoisotopic (exact) mass is 497 g/mol. The first-order valence-electron chi connectivity index (χ1n) is 10.9. The van der Waals surface area contributed by atoms with E-state index < -0.39 is 0 Å². The zero-order valence-corrected chi connectivity index (χ0v) is 19.6. The predicted molar refractivity (Wildman–Crippen MR) is 127 cm³/mol. The average molecular weight is 497 g/mol. The normalized spacial score (nSPS) is 24.2. The lowest BCUT2D eigenvalue weighted by atomic mass is 10.1. The average Bonchev–Trinajstić information content (AvgIpc) is 3.45. The van der Waals surface area contributed by atoms with Crippen molar-refractivity contribution in [3.05, 3.63) is 35.9 Å². The van der Waals surface area contributed by atoms with Crippen molar-refractivity contribution in [3.8, 4) is 0 Å².